The van der Waals surface area contributed by atoms with Gasteiger partial charge in [0.05, 0.1) is 11.2 Å². The Morgan fingerprint density at radius 1 is 1.31 bits per heavy atom. The Bertz CT molecular complexity index is 414. The highest BCUT2D eigenvalue weighted by molar-refractivity contribution is 6.30. The third kappa shape index (κ3) is 1.55. The summed E-state index contributed by atoms with van der Waals surface area (Å²) in [6.45, 7) is 0. The number of rotatable bonds is 1. The Hall–Kier alpha value is -1.35. The molecule has 0 aliphatic rings. The van der Waals surface area contributed by atoms with Crippen LogP contribution in [-0.2, 0) is 0 Å². The first-order chi connectivity index (χ1) is 6.27. The molecule has 2 rings (SSSR count). The fourth-order valence-electron chi connectivity index (χ4n) is 1.01. The van der Waals surface area contributed by atoms with Crippen molar-refractivity contribution in [1.29, 1.82) is 0 Å². The zero-order chi connectivity index (χ0) is 9.26. The van der Waals surface area contributed by atoms with Gasteiger partial charge >= 0.3 is 0 Å². The second kappa shape index (κ2) is 3.18. The number of hydrogen-bond donors (Lipinski definition) is 0. The van der Waals surface area contributed by atoms with Gasteiger partial charge in [0.25, 0.3) is 0 Å². The maximum Gasteiger partial charge on any atom is 0.166 e. The summed E-state index contributed by atoms with van der Waals surface area (Å²) >= 11 is 5.52. The maximum atomic E-state index is 13.0. The van der Waals surface area contributed by atoms with Crippen LogP contribution in [0.15, 0.2) is 35.0 Å². The molecule has 13 heavy (non-hydrogen) atoms. The predicted molar refractivity (Wildman–Crippen MR) is 46.9 cm³/mol. The van der Waals surface area contributed by atoms with Gasteiger partial charge in [-0.05, 0) is 18.2 Å². The Morgan fingerprint density at radius 3 is 2.77 bits per heavy atom. The lowest BCUT2D eigenvalue weighted by molar-refractivity contribution is 0.432. The van der Waals surface area contributed by atoms with Crippen LogP contribution in [0.1, 0.15) is 0 Å². The molecule has 1 heterocycles. The standard InChI is InChI=1S/C9H5ClFNO/c10-7-2-1-6(5-8(7)11)9-3-4-12-13-9/h1-5H. The van der Waals surface area contributed by atoms with Gasteiger partial charge in [0.2, 0.25) is 0 Å². The molecule has 0 spiro atoms. The van der Waals surface area contributed by atoms with E-state index in [1.165, 1.54) is 18.3 Å². The van der Waals surface area contributed by atoms with Gasteiger partial charge in [-0.3, -0.25) is 0 Å². The summed E-state index contributed by atoms with van der Waals surface area (Å²) in [5.74, 6) is 0.0612. The molecule has 0 saturated carbocycles. The average molecular weight is 198 g/mol. The van der Waals surface area contributed by atoms with Gasteiger partial charge in [-0.15, -0.1) is 0 Å². The molecule has 0 bridgehead atoms. The molecule has 0 unspecified atom stereocenters. The van der Waals surface area contributed by atoms with Crippen LogP contribution in [0.2, 0.25) is 5.02 Å². The summed E-state index contributed by atoms with van der Waals surface area (Å²) in [7, 11) is 0. The summed E-state index contributed by atoms with van der Waals surface area (Å²) in [6.07, 6.45) is 1.50. The summed E-state index contributed by atoms with van der Waals surface area (Å²) in [5.41, 5.74) is 0.624. The molecule has 0 aliphatic carbocycles. The summed E-state index contributed by atoms with van der Waals surface area (Å²) < 4.78 is 17.8. The molecule has 0 N–H and O–H groups in total. The number of benzene rings is 1. The molecule has 0 aliphatic heterocycles. The first-order valence-corrected chi connectivity index (χ1v) is 4.01. The van der Waals surface area contributed by atoms with E-state index in [0.717, 1.165) is 0 Å². The molecular formula is C9H5ClFNO. The normalized spacial score (nSPS) is 10.3. The Labute approximate surface area is 78.9 Å². The van der Waals surface area contributed by atoms with E-state index >= 15 is 0 Å². The van der Waals surface area contributed by atoms with Crippen LogP contribution < -0.4 is 0 Å². The molecule has 0 atom stereocenters. The van der Waals surface area contributed by atoms with Crippen LogP contribution in [0.25, 0.3) is 11.3 Å². The van der Waals surface area contributed by atoms with Crippen molar-refractivity contribution in [1.82, 2.24) is 5.16 Å². The van der Waals surface area contributed by atoms with E-state index in [2.05, 4.69) is 5.16 Å². The van der Waals surface area contributed by atoms with Crippen LogP contribution in [0, 0.1) is 5.82 Å². The lowest BCUT2D eigenvalue weighted by atomic mass is 10.2. The van der Waals surface area contributed by atoms with Gasteiger partial charge in [-0.1, -0.05) is 16.8 Å². The minimum absolute atomic E-state index is 0.100. The first kappa shape index (κ1) is 8.26. The minimum Gasteiger partial charge on any atom is -0.356 e. The van der Waals surface area contributed by atoms with E-state index in [4.69, 9.17) is 16.1 Å². The average Bonchev–Trinajstić information content (AvgIpc) is 2.62. The molecule has 1 aromatic carbocycles. The van der Waals surface area contributed by atoms with Crippen molar-refractivity contribution in [2.24, 2.45) is 0 Å². The van der Waals surface area contributed by atoms with Crippen molar-refractivity contribution >= 4 is 11.6 Å². The highest BCUT2D eigenvalue weighted by Gasteiger charge is 2.05. The van der Waals surface area contributed by atoms with Crippen molar-refractivity contribution in [3.63, 3.8) is 0 Å². The van der Waals surface area contributed by atoms with E-state index < -0.39 is 5.82 Å². The van der Waals surface area contributed by atoms with Crippen LogP contribution in [-0.4, -0.2) is 5.16 Å². The van der Waals surface area contributed by atoms with Crippen molar-refractivity contribution < 1.29 is 8.91 Å². The molecule has 0 saturated heterocycles. The lowest BCUT2D eigenvalue weighted by Gasteiger charge is -1.96. The minimum atomic E-state index is -0.462. The largest absolute Gasteiger partial charge is 0.356 e. The van der Waals surface area contributed by atoms with E-state index in [9.17, 15) is 4.39 Å². The monoisotopic (exact) mass is 197 g/mol. The van der Waals surface area contributed by atoms with Gasteiger partial charge in [0.15, 0.2) is 5.76 Å². The zero-order valence-corrected chi connectivity index (χ0v) is 7.25. The number of halogens is 2. The van der Waals surface area contributed by atoms with Crippen LogP contribution in [0.3, 0.4) is 0 Å². The highest BCUT2D eigenvalue weighted by Crippen LogP contribution is 2.23. The summed E-state index contributed by atoms with van der Waals surface area (Å²) in [6, 6.07) is 6.12. The van der Waals surface area contributed by atoms with E-state index in [-0.39, 0.29) is 5.02 Å². The molecule has 0 radical (unpaired) electrons. The Kier molecular flexibility index (Phi) is 2.02. The zero-order valence-electron chi connectivity index (χ0n) is 6.50. The highest BCUT2D eigenvalue weighted by atomic mass is 35.5. The predicted octanol–water partition coefficient (Wildman–Crippen LogP) is 3.13. The van der Waals surface area contributed by atoms with Crippen molar-refractivity contribution in [2.45, 2.75) is 0 Å². The molecular weight excluding hydrogens is 193 g/mol. The van der Waals surface area contributed by atoms with Crippen LogP contribution in [0.4, 0.5) is 4.39 Å². The smallest absolute Gasteiger partial charge is 0.166 e. The van der Waals surface area contributed by atoms with Crippen molar-refractivity contribution in [2.75, 3.05) is 0 Å². The molecule has 4 heteroatoms. The van der Waals surface area contributed by atoms with Crippen LogP contribution in [0.5, 0.6) is 0 Å². The maximum absolute atomic E-state index is 13.0. The topological polar surface area (TPSA) is 26.0 Å². The van der Waals surface area contributed by atoms with E-state index in [0.29, 0.717) is 11.3 Å². The molecule has 66 valence electrons. The van der Waals surface area contributed by atoms with Gasteiger partial charge in [0, 0.05) is 11.6 Å². The molecule has 2 aromatic rings. The third-order valence-electron chi connectivity index (χ3n) is 1.64. The molecule has 0 fully saturated rings. The molecule has 0 amide bonds. The number of aromatic nitrogens is 1. The van der Waals surface area contributed by atoms with Crippen LogP contribution >= 0.6 is 11.6 Å². The van der Waals surface area contributed by atoms with Gasteiger partial charge in [-0.25, -0.2) is 4.39 Å². The number of nitrogens with zero attached hydrogens (tertiary/aromatic N) is 1. The summed E-state index contributed by atoms with van der Waals surface area (Å²) in [5, 5.41) is 3.62. The third-order valence-corrected chi connectivity index (χ3v) is 1.95. The van der Waals surface area contributed by atoms with Crippen molar-refractivity contribution in [3.8, 4) is 11.3 Å². The van der Waals surface area contributed by atoms with E-state index in [1.807, 2.05) is 0 Å². The fraction of sp³-hybridized carbons (Fsp3) is 0. The van der Waals surface area contributed by atoms with Gasteiger partial charge < -0.3 is 4.52 Å². The van der Waals surface area contributed by atoms with E-state index in [1.54, 1.807) is 12.1 Å². The fourth-order valence-corrected chi connectivity index (χ4v) is 1.13. The molecule has 2 nitrogen and oxygen atoms in total. The van der Waals surface area contributed by atoms with Gasteiger partial charge in [-0.2, -0.15) is 0 Å². The van der Waals surface area contributed by atoms with Gasteiger partial charge in [0.1, 0.15) is 5.82 Å². The summed E-state index contributed by atoms with van der Waals surface area (Å²) in [4.78, 5) is 0. The molecule has 1 aromatic heterocycles. The second-order valence-electron chi connectivity index (χ2n) is 2.51. The lowest BCUT2D eigenvalue weighted by Crippen LogP contribution is -1.79. The Balaban J connectivity index is 2.49. The van der Waals surface area contributed by atoms with Crippen molar-refractivity contribution in [3.05, 3.63) is 41.3 Å². The SMILES string of the molecule is Fc1cc(-c2ccno2)ccc1Cl. The number of hydrogen-bond acceptors (Lipinski definition) is 2. The quantitative estimate of drug-likeness (QED) is 0.702. The second-order valence-corrected chi connectivity index (χ2v) is 2.91. The first-order valence-electron chi connectivity index (χ1n) is 3.63. The Morgan fingerprint density at radius 2 is 2.15 bits per heavy atom.